The lowest BCUT2D eigenvalue weighted by Gasteiger charge is -2.28. The lowest BCUT2D eigenvalue weighted by Crippen LogP contribution is -2.29. The fourth-order valence-electron chi connectivity index (χ4n) is 2.50. The topological polar surface area (TPSA) is 3.24 Å². The van der Waals surface area contributed by atoms with E-state index >= 15 is 0 Å². The van der Waals surface area contributed by atoms with E-state index < -0.39 is 0 Å². The fraction of sp³-hybridized carbons (Fsp3) is 1.00. The van der Waals surface area contributed by atoms with Crippen LogP contribution in [0.25, 0.3) is 0 Å². The van der Waals surface area contributed by atoms with Gasteiger partial charge in [-0.25, -0.2) is 0 Å². The van der Waals surface area contributed by atoms with Crippen molar-refractivity contribution in [3.05, 3.63) is 0 Å². The largest absolute Gasteiger partial charge is 0.306 e. The van der Waals surface area contributed by atoms with Gasteiger partial charge >= 0.3 is 0 Å². The van der Waals surface area contributed by atoms with Crippen molar-refractivity contribution in [1.82, 2.24) is 4.90 Å². The molecule has 14 heavy (non-hydrogen) atoms. The van der Waals surface area contributed by atoms with Crippen LogP contribution in [0.3, 0.4) is 0 Å². The van der Waals surface area contributed by atoms with Gasteiger partial charge in [-0.1, -0.05) is 33.1 Å². The van der Waals surface area contributed by atoms with Gasteiger partial charge < -0.3 is 4.90 Å². The first-order chi connectivity index (χ1) is 6.51. The summed E-state index contributed by atoms with van der Waals surface area (Å²) >= 11 is 0. The van der Waals surface area contributed by atoms with Gasteiger partial charge in [0.2, 0.25) is 0 Å². The van der Waals surface area contributed by atoms with Crippen molar-refractivity contribution in [2.75, 3.05) is 14.1 Å². The molecule has 1 fully saturated rings. The predicted octanol–water partition coefficient (Wildman–Crippen LogP) is 3.69. The Morgan fingerprint density at radius 2 is 1.64 bits per heavy atom. The first-order valence-electron chi connectivity index (χ1n) is 6.18. The van der Waals surface area contributed by atoms with Crippen LogP contribution in [0, 0.1) is 5.41 Å². The van der Waals surface area contributed by atoms with Gasteiger partial charge in [0.15, 0.2) is 0 Å². The number of hydrogen-bond donors (Lipinski definition) is 0. The summed E-state index contributed by atoms with van der Waals surface area (Å²) in [5.41, 5.74) is 0.582. The van der Waals surface area contributed by atoms with Crippen molar-refractivity contribution in [1.29, 1.82) is 0 Å². The van der Waals surface area contributed by atoms with Gasteiger partial charge in [-0.3, -0.25) is 0 Å². The van der Waals surface area contributed by atoms with Crippen molar-refractivity contribution in [3.63, 3.8) is 0 Å². The Morgan fingerprint density at radius 1 is 0.929 bits per heavy atom. The second-order valence-corrected chi connectivity index (χ2v) is 5.92. The molecule has 0 heterocycles. The predicted molar refractivity (Wildman–Crippen MR) is 63.6 cm³/mol. The minimum Gasteiger partial charge on any atom is -0.306 e. The monoisotopic (exact) mass is 197 g/mol. The molecule has 1 unspecified atom stereocenters. The zero-order valence-corrected chi connectivity index (χ0v) is 10.5. The zero-order chi connectivity index (χ0) is 10.6. The SMILES string of the molecule is CN(C)C1CCCCCC(C)(C)CC1. The summed E-state index contributed by atoms with van der Waals surface area (Å²) in [6, 6.07) is 0.826. The molecular formula is C13H27N. The first-order valence-corrected chi connectivity index (χ1v) is 6.18. The first kappa shape index (κ1) is 12.0. The minimum atomic E-state index is 0.582. The van der Waals surface area contributed by atoms with Crippen LogP contribution in [0.1, 0.15) is 58.8 Å². The van der Waals surface area contributed by atoms with Crippen LogP contribution in [0.15, 0.2) is 0 Å². The van der Waals surface area contributed by atoms with Crippen LogP contribution >= 0.6 is 0 Å². The van der Waals surface area contributed by atoms with E-state index in [9.17, 15) is 0 Å². The molecule has 1 nitrogen and oxygen atoms in total. The van der Waals surface area contributed by atoms with Gasteiger partial charge in [0, 0.05) is 6.04 Å². The van der Waals surface area contributed by atoms with E-state index in [0.29, 0.717) is 5.41 Å². The molecule has 0 radical (unpaired) electrons. The van der Waals surface area contributed by atoms with Crippen molar-refractivity contribution in [2.24, 2.45) is 5.41 Å². The quantitative estimate of drug-likeness (QED) is 0.620. The van der Waals surface area contributed by atoms with Gasteiger partial charge in [0.1, 0.15) is 0 Å². The summed E-state index contributed by atoms with van der Waals surface area (Å²) in [5.74, 6) is 0. The molecule has 0 saturated heterocycles. The summed E-state index contributed by atoms with van der Waals surface area (Å²) in [7, 11) is 4.46. The summed E-state index contributed by atoms with van der Waals surface area (Å²) in [5, 5.41) is 0. The van der Waals surface area contributed by atoms with Crippen LogP contribution in [-0.2, 0) is 0 Å². The molecule has 0 aromatic carbocycles. The highest BCUT2D eigenvalue weighted by molar-refractivity contribution is 4.76. The third-order valence-electron chi connectivity index (χ3n) is 3.78. The normalized spacial score (nSPS) is 29.4. The maximum atomic E-state index is 2.44. The molecule has 1 aliphatic carbocycles. The molecule has 0 amide bonds. The number of hydrogen-bond acceptors (Lipinski definition) is 1. The van der Waals surface area contributed by atoms with Gasteiger partial charge in [0.05, 0.1) is 0 Å². The minimum absolute atomic E-state index is 0.582. The van der Waals surface area contributed by atoms with Crippen molar-refractivity contribution in [2.45, 2.75) is 64.8 Å². The maximum Gasteiger partial charge on any atom is 0.00893 e. The summed E-state index contributed by atoms with van der Waals surface area (Å²) in [4.78, 5) is 2.42. The van der Waals surface area contributed by atoms with E-state index in [0.717, 1.165) is 6.04 Å². The smallest absolute Gasteiger partial charge is 0.00893 e. The van der Waals surface area contributed by atoms with Crippen LogP contribution in [-0.4, -0.2) is 25.0 Å². The van der Waals surface area contributed by atoms with E-state index in [2.05, 4.69) is 32.8 Å². The molecule has 1 atom stereocenters. The van der Waals surface area contributed by atoms with Gasteiger partial charge in [-0.2, -0.15) is 0 Å². The van der Waals surface area contributed by atoms with Gasteiger partial charge in [-0.05, 0) is 45.2 Å². The highest BCUT2D eigenvalue weighted by atomic mass is 15.1. The highest BCUT2D eigenvalue weighted by Crippen LogP contribution is 2.32. The van der Waals surface area contributed by atoms with E-state index in [1.54, 1.807) is 0 Å². The molecule has 84 valence electrons. The van der Waals surface area contributed by atoms with Gasteiger partial charge in [0.25, 0.3) is 0 Å². The highest BCUT2D eigenvalue weighted by Gasteiger charge is 2.22. The lowest BCUT2D eigenvalue weighted by molar-refractivity contribution is 0.221. The van der Waals surface area contributed by atoms with Gasteiger partial charge in [-0.15, -0.1) is 0 Å². The molecule has 0 spiro atoms. The Hall–Kier alpha value is -0.0400. The second-order valence-electron chi connectivity index (χ2n) is 5.92. The zero-order valence-electron chi connectivity index (χ0n) is 10.5. The number of rotatable bonds is 1. The number of nitrogens with zero attached hydrogens (tertiary/aromatic N) is 1. The van der Waals surface area contributed by atoms with E-state index in [1.807, 2.05) is 0 Å². The van der Waals surface area contributed by atoms with Crippen molar-refractivity contribution < 1.29 is 0 Å². The molecule has 0 aromatic heterocycles. The van der Waals surface area contributed by atoms with E-state index in [4.69, 9.17) is 0 Å². The Bertz CT molecular complexity index is 161. The Balaban J connectivity index is 2.49. The van der Waals surface area contributed by atoms with Crippen LogP contribution < -0.4 is 0 Å². The van der Waals surface area contributed by atoms with Crippen LogP contribution in [0.2, 0.25) is 0 Å². The average molecular weight is 197 g/mol. The standard InChI is InChI=1S/C13H27N/c1-13(2)10-7-5-6-8-12(9-11-13)14(3)4/h12H,5-11H2,1-4H3. The van der Waals surface area contributed by atoms with Crippen molar-refractivity contribution >= 4 is 0 Å². The molecule has 1 saturated carbocycles. The molecule has 1 aliphatic rings. The molecule has 0 N–H and O–H groups in total. The van der Waals surface area contributed by atoms with E-state index in [1.165, 1.54) is 44.9 Å². The molecule has 1 rings (SSSR count). The van der Waals surface area contributed by atoms with E-state index in [-0.39, 0.29) is 0 Å². The van der Waals surface area contributed by atoms with Crippen LogP contribution in [0.4, 0.5) is 0 Å². The summed E-state index contributed by atoms with van der Waals surface area (Å²) in [6.45, 7) is 4.87. The third kappa shape index (κ3) is 4.00. The summed E-state index contributed by atoms with van der Waals surface area (Å²) < 4.78 is 0. The molecule has 1 heteroatoms. The van der Waals surface area contributed by atoms with Crippen LogP contribution in [0.5, 0.6) is 0 Å². The Morgan fingerprint density at radius 3 is 2.29 bits per heavy atom. The molecular weight excluding hydrogens is 170 g/mol. The Labute approximate surface area is 89.9 Å². The Kier molecular flexibility index (Phi) is 4.43. The maximum absolute atomic E-state index is 2.44. The summed E-state index contributed by atoms with van der Waals surface area (Å²) in [6.07, 6.45) is 9.92. The molecule has 0 bridgehead atoms. The molecule has 0 aliphatic heterocycles. The second kappa shape index (κ2) is 5.16. The lowest BCUT2D eigenvalue weighted by atomic mass is 9.82. The molecule has 0 aromatic rings. The average Bonchev–Trinajstić information content (AvgIpc) is 2.15. The fourth-order valence-corrected chi connectivity index (χ4v) is 2.50. The third-order valence-corrected chi connectivity index (χ3v) is 3.78. The van der Waals surface area contributed by atoms with Crippen molar-refractivity contribution in [3.8, 4) is 0 Å².